The predicted molar refractivity (Wildman–Crippen MR) is 57.7 cm³/mol. The van der Waals surface area contributed by atoms with Gasteiger partial charge >= 0.3 is 0 Å². The molecule has 1 atom stereocenters. The Balaban J connectivity index is 2.11. The molecule has 2 N–H and O–H groups in total. The Morgan fingerprint density at radius 1 is 1.69 bits per heavy atom. The van der Waals surface area contributed by atoms with Crippen molar-refractivity contribution >= 4 is 5.91 Å². The van der Waals surface area contributed by atoms with E-state index in [4.69, 9.17) is 4.74 Å². The normalized spacial score (nSPS) is 12.4. The van der Waals surface area contributed by atoms with Crippen LogP contribution in [0.15, 0.2) is 18.7 Å². The predicted octanol–water partition coefficient (Wildman–Crippen LogP) is -0.603. The monoisotopic (exact) mass is 227 g/mol. The van der Waals surface area contributed by atoms with Crippen LogP contribution in [0.1, 0.15) is 6.42 Å². The topological polar surface area (TPSA) is 76.4 Å². The van der Waals surface area contributed by atoms with Crippen molar-refractivity contribution in [2.45, 2.75) is 19.1 Å². The highest BCUT2D eigenvalue weighted by Crippen LogP contribution is 1.91. The minimum atomic E-state index is -0.651. The molecular weight excluding hydrogens is 210 g/mol. The fourth-order valence-electron chi connectivity index (χ4n) is 1.22. The number of aromatic nitrogens is 2. The van der Waals surface area contributed by atoms with Gasteiger partial charge < -0.3 is 19.7 Å². The molecule has 0 radical (unpaired) electrons. The lowest BCUT2D eigenvalue weighted by atomic mass is 10.3. The fraction of sp³-hybridized carbons (Fsp3) is 0.600. The van der Waals surface area contributed by atoms with Gasteiger partial charge in [-0.05, 0) is 0 Å². The Morgan fingerprint density at radius 3 is 3.12 bits per heavy atom. The third-order valence-corrected chi connectivity index (χ3v) is 2.05. The molecule has 90 valence electrons. The summed E-state index contributed by atoms with van der Waals surface area (Å²) >= 11 is 0. The van der Waals surface area contributed by atoms with Gasteiger partial charge in [0, 0.05) is 39.0 Å². The minimum absolute atomic E-state index is 0.0937. The molecule has 6 heteroatoms. The van der Waals surface area contributed by atoms with Gasteiger partial charge in [-0.15, -0.1) is 0 Å². The van der Waals surface area contributed by atoms with Gasteiger partial charge in [-0.3, -0.25) is 4.79 Å². The number of hydrogen-bond acceptors (Lipinski definition) is 4. The molecule has 0 bridgehead atoms. The van der Waals surface area contributed by atoms with Crippen LogP contribution in [0.2, 0.25) is 0 Å². The number of carbonyl (C=O) groups excluding carboxylic acids is 1. The van der Waals surface area contributed by atoms with E-state index in [0.717, 1.165) is 0 Å². The second-order valence-corrected chi connectivity index (χ2v) is 3.46. The Hall–Kier alpha value is -1.40. The average molecular weight is 227 g/mol. The Morgan fingerprint density at radius 2 is 2.50 bits per heavy atom. The van der Waals surface area contributed by atoms with Gasteiger partial charge in [0.2, 0.25) is 5.91 Å². The molecule has 1 aromatic rings. The van der Waals surface area contributed by atoms with Gasteiger partial charge in [-0.2, -0.15) is 0 Å². The largest absolute Gasteiger partial charge is 0.389 e. The number of ether oxygens (including phenoxy) is 1. The van der Waals surface area contributed by atoms with E-state index in [2.05, 4.69) is 10.3 Å². The zero-order valence-corrected chi connectivity index (χ0v) is 9.30. The van der Waals surface area contributed by atoms with Gasteiger partial charge in [0.15, 0.2) is 0 Å². The van der Waals surface area contributed by atoms with Gasteiger partial charge in [-0.25, -0.2) is 4.98 Å². The molecule has 0 aliphatic carbocycles. The molecule has 1 heterocycles. The molecule has 1 aromatic heterocycles. The molecule has 0 spiro atoms. The lowest BCUT2D eigenvalue weighted by molar-refractivity contribution is -0.121. The molecule has 0 fully saturated rings. The highest BCUT2D eigenvalue weighted by atomic mass is 16.5. The van der Waals surface area contributed by atoms with Crippen molar-refractivity contribution in [1.82, 2.24) is 14.9 Å². The number of aryl methyl sites for hydroxylation is 1. The van der Waals surface area contributed by atoms with Crippen molar-refractivity contribution in [3.05, 3.63) is 18.7 Å². The van der Waals surface area contributed by atoms with Crippen molar-refractivity contribution in [3.63, 3.8) is 0 Å². The summed E-state index contributed by atoms with van der Waals surface area (Å²) in [6.45, 7) is 1.03. The molecule has 0 aliphatic rings. The molecule has 6 nitrogen and oxygen atoms in total. The van der Waals surface area contributed by atoms with Gasteiger partial charge in [0.05, 0.1) is 19.0 Å². The summed E-state index contributed by atoms with van der Waals surface area (Å²) < 4.78 is 6.57. The summed E-state index contributed by atoms with van der Waals surface area (Å²) in [6, 6.07) is 0. The zero-order chi connectivity index (χ0) is 11.8. The first-order valence-electron chi connectivity index (χ1n) is 5.12. The first kappa shape index (κ1) is 12.7. The number of nitrogens with zero attached hydrogens (tertiary/aromatic N) is 2. The van der Waals surface area contributed by atoms with Crippen LogP contribution in [0.4, 0.5) is 0 Å². The van der Waals surface area contributed by atoms with Crippen LogP contribution < -0.4 is 5.32 Å². The number of nitrogens with one attached hydrogen (secondary N) is 1. The molecule has 1 rings (SSSR count). The van der Waals surface area contributed by atoms with E-state index in [1.807, 2.05) is 4.57 Å². The van der Waals surface area contributed by atoms with Crippen molar-refractivity contribution < 1.29 is 14.6 Å². The Labute approximate surface area is 94.2 Å². The second-order valence-electron chi connectivity index (χ2n) is 3.46. The van der Waals surface area contributed by atoms with E-state index in [1.165, 1.54) is 7.11 Å². The van der Waals surface area contributed by atoms with Crippen LogP contribution in [0, 0.1) is 0 Å². The van der Waals surface area contributed by atoms with Crippen LogP contribution in [-0.4, -0.2) is 46.9 Å². The number of aliphatic hydroxyl groups excluding tert-OH is 1. The number of imidazole rings is 1. The number of methoxy groups -OCH3 is 1. The molecule has 1 unspecified atom stereocenters. The molecule has 0 saturated heterocycles. The summed E-state index contributed by atoms with van der Waals surface area (Å²) in [6.07, 6.45) is 4.85. The summed E-state index contributed by atoms with van der Waals surface area (Å²) in [5.74, 6) is -0.0937. The number of rotatable bonds is 7. The molecule has 0 aromatic carbocycles. The lowest BCUT2D eigenvalue weighted by Gasteiger charge is -2.10. The van der Waals surface area contributed by atoms with E-state index in [-0.39, 0.29) is 19.1 Å². The van der Waals surface area contributed by atoms with E-state index in [0.29, 0.717) is 13.0 Å². The fourth-order valence-corrected chi connectivity index (χ4v) is 1.22. The lowest BCUT2D eigenvalue weighted by Crippen LogP contribution is -2.34. The van der Waals surface area contributed by atoms with Gasteiger partial charge in [-0.1, -0.05) is 0 Å². The van der Waals surface area contributed by atoms with E-state index in [1.54, 1.807) is 18.7 Å². The second kappa shape index (κ2) is 6.97. The van der Waals surface area contributed by atoms with E-state index >= 15 is 0 Å². The Bertz CT molecular complexity index is 300. The molecular formula is C10H17N3O3. The third-order valence-electron chi connectivity index (χ3n) is 2.05. The standard InChI is InChI=1S/C10H17N3O3/c1-16-7-9(14)6-12-10(15)2-4-13-5-3-11-8-13/h3,5,8-9,14H,2,4,6-7H2,1H3,(H,12,15). The van der Waals surface area contributed by atoms with Crippen LogP contribution in [0.25, 0.3) is 0 Å². The van der Waals surface area contributed by atoms with Crippen LogP contribution in [0.5, 0.6) is 0 Å². The van der Waals surface area contributed by atoms with Crippen LogP contribution in [-0.2, 0) is 16.1 Å². The summed E-state index contributed by atoms with van der Waals surface area (Å²) in [5.41, 5.74) is 0. The zero-order valence-electron chi connectivity index (χ0n) is 9.30. The maximum Gasteiger partial charge on any atom is 0.221 e. The maximum atomic E-state index is 11.4. The summed E-state index contributed by atoms with van der Waals surface area (Å²) in [7, 11) is 1.50. The van der Waals surface area contributed by atoms with Crippen molar-refractivity contribution in [1.29, 1.82) is 0 Å². The summed E-state index contributed by atoms with van der Waals surface area (Å²) in [4.78, 5) is 15.2. The molecule has 1 amide bonds. The smallest absolute Gasteiger partial charge is 0.221 e. The highest BCUT2D eigenvalue weighted by molar-refractivity contribution is 5.75. The van der Waals surface area contributed by atoms with E-state index in [9.17, 15) is 9.90 Å². The van der Waals surface area contributed by atoms with Gasteiger partial charge in [0.25, 0.3) is 0 Å². The van der Waals surface area contributed by atoms with Crippen LogP contribution in [0.3, 0.4) is 0 Å². The first-order chi connectivity index (χ1) is 7.72. The minimum Gasteiger partial charge on any atom is -0.389 e. The van der Waals surface area contributed by atoms with Gasteiger partial charge in [0.1, 0.15) is 0 Å². The quantitative estimate of drug-likeness (QED) is 0.652. The van der Waals surface area contributed by atoms with Crippen LogP contribution >= 0.6 is 0 Å². The number of hydrogen-bond donors (Lipinski definition) is 2. The number of aliphatic hydroxyl groups is 1. The Kier molecular flexibility index (Phi) is 5.52. The highest BCUT2D eigenvalue weighted by Gasteiger charge is 2.06. The maximum absolute atomic E-state index is 11.4. The number of amides is 1. The third kappa shape index (κ3) is 4.90. The molecule has 0 aliphatic heterocycles. The van der Waals surface area contributed by atoms with E-state index < -0.39 is 6.10 Å². The first-order valence-corrected chi connectivity index (χ1v) is 5.12. The molecule has 16 heavy (non-hydrogen) atoms. The SMILES string of the molecule is COCC(O)CNC(=O)CCn1ccnc1. The van der Waals surface area contributed by atoms with Crippen molar-refractivity contribution in [2.75, 3.05) is 20.3 Å². The molecule has 0 saturated carbocycles. The average Bonchev–Trinajstić information content (AvgIpc) is 2.77. The summed E-state index contributed by atoms with van der Waals surface area (Å²) in [5, 5.41) is 11.9. The number of carbonyl (C=O) groups is 1. The van der Waals surface area contributed by atoms with Crippen molar-refractivity contribution in [3.8, 4) is 0 Å². The van der Waals surface area contributed by atoms with Crippen molar-refractivity contribution in [2.24, 2.45) is 0 Å².